The van der Waals surface area contributed by atoms with E-state index in [1.165, 1.54) is 24.3 Å². The number of rotatable bonds is 5. The van der Waals surface area contributed by atoms with E-state index in [0.29, 0.717) is 11.1 Å². The van der Waals surface area contributed by atoms with Gasteiger partial charge in [-0.3, -0.25) is 10.1 Å². The van der Waals surface area contributed by atoms with E-state index in [1.54, 1.807) is 18.2 Å². The summed E-state index contributed by atoms with van der Waals surface area (Å²) in [5, 5.41) is 20.2. The molecule has 0 saturated heterocycles. The average molecular weight is 297 g/mol. The third-order valence-corrected chi connectivity index (χ3v) is 3.30. The highest BCUT2D eigenvalue weighted by Gasteiger charge is 2.12. The molecule has 0 bridgehead atoms. The second kappa shape index (κ2) is 6.67. The first-order valence-corrected chi connectivity index (χ1v) is 6.80. The second-order valence-electron chi connectivity index (χ2n) is 4.77. The van der Waals surface area contributed by atoms with Crippen molar-refractivity contribution in [2.45, 2.75) is 13.3 Å². The maximum Gasteiger partial charge on any atom is 0.336 e. The maximum absolute atomic E-state index is 11.5. The molecule has 1 N–H and O–H groups in total. The standard InChI is InChI=1S/C17H15NO4/c1-2-12-6-8-14(9-7-12)16(17(19)20)11-13-4-3-5-15(10-13)18(21)22/h3-11H,2H2,1H3,(H,19,20)/b16-11-. The van der Waals surface area contributed by atoms with Crippen molar-refractivity contribution in [3.05, 3.63) is 75.3 Å². The molecular formula is C17H15NO4. The van der Waals surface area contributed by atoms with Gasteiger partial charge in [-0.15, -0.1) is 0 Å². The molecule has 2 aromatic rings. The van der Waals surface area contributed by atoms with Crippen LogP contribution in [0.3, 0.4) is 0 Å². The number of carboxylic acids is 1. The summed E-state index contributed by atoms with van der Waals surface area (Å²) in [5.74, 6) is -1.07. The first-order valence-electron chi connectivity index (χ1n) is 6.80. The topological polar surface area (TPSA) is 80.4 Å². The molecule has 112 valence electrons. The first kappa shape index (κ1) is 15.4. The van der Waals surface area contributed by atoms with Crippen molar-refractivity contribution in [1.82, 2.24) is 0 Å². The molecule has 2 aromatic carbocycles. The lowest BCUT2D eigenvalue weighted by Gasteiger charge is -2.05. The normalized spacial score (nSPS) is 11.2. The molecule has 22 heavy (non-hydrogen) atoms. The first-order chi connectivity index (χ1) is 10.5. The number of nitro groups is 1. The van der Waals surface area contributed by atoms with Gasteiger partial charge in [-0.05, 0) is 29.2 Å². The molecule has 0 atom stereocenters. The fourth-order valence-electron chi connectivity index (χ4n) is 2.08. The largest absolute Gasteiger partial charge is 0.478 e. The Balaban J connectivity index is 2.44. The lowest BCUT2D eigenvalue weighted by molar-refractivity contribution is -0.384. The van der Waals surface area contributed by atoms with E-state index in [9.17, 15) is 20.0 Å². The Morgan fingerprint density at radius 1 is 1.23 bits per heavy atom. The summed E-state index contributed by atoms with van der Waals surface area (Å²) < 4.78 is 0. The van der Waals surface area contributed by atoms with Crippen LogP contribution in [0.1, 0.15) is 23.6 Å². The Bertz CT molecular complexity index is 733. The number of nitro benzene ring substituents is 1. The van der Waals surface area contributed by atoms with E-state index in [1.807, 2.05) is 19.1 Å². The number of aryl methyl sites for hydroxylation is 1. The molecule has 0 aliphatic heterocycles. The molecule has 5 heteroatoms. The van der Waals surface area contributed by atoms with Gasteiger partial charge in [-0.2, -0.15) is 0 Å². The van der Waals surface area contributed by atoms with Crippen LogP contribution in [0.2, 0.25) is 0 Å². The Hall–Kier alpha value is -2.95. The van der Waals surface area contributed by atoms with E-state index in [2.05, 4.69) is 0 Å². The van der Waals surface area contributed by atoms with Gasteiger partial charge in [-0.25, -0.2) is 4.79 Å². The quantitative estimate of drug-likeness (QED) is 0.394. The number of carboxylic acid groups (broad SMARTS) is 1. The zero-order chi connectivity index (χ0) is 16.1. The van der Waals surface area contributed by atoms with Gasteiger partial charge in [0.05, 0.1) is 10.5 Å². The van der Waals surface area contributed by atoms with Crippen LogP contribution in [-0.4, -0.2) is 16.0 Å². The Labute approximate surface area is 127 Å². The zero-order valence-electron chi connectivity index (χ0n) is 12.0. The van der Waals surface area contributed by atoms with Crippen LogP contribution < -0.4 is 0 Å². The summed E-state index contributed by atoms with van der Waals surface area (Å²) in [4.78, 5) is 21.8. The van der Waals surface area contributed by atoms with Gasteiger partial charge >= 0.3 is 5.97 Å². The lowest BCUT2D eigenvalue weighted by atomic mass is 10.0. The Kier molecular flexibility index (Phi) is 4.68. The number of hydrogen-bond donors (Lipinski definition) is 1. The molecular weight excluding hydrogens is 282 g/mol. The van der Waals surface area contributed by atoms with E-state index < -0.39 is 10.9 Å². The zero-order valence-corrected chi connectivity index (χ0v) is 12.0. The fraction of sp³-hybridized carbons (Fsp3) is 0.118. The predicted octanol–water partition coefficient (Wildman–Crippen LogP) is 3.78. The van der Waals surface area contributed by atoms with E-state index in [-0.39, 0.29) is 11.3 Å². The predicted molar refractivity (Wildman–Crippen MR) is 84.4 cm³/mol. The van der Waals surface area contributed by atoms with Crippen LogP contribution in [0.15, 0.2) is 48.5 Å². The number of benzene rings is 2. The van der Waals surface area contributed by atoms with E-state index in [4.69, 9.17) is 0 Å². The molecule has 2 rings (SSSR count). The van der Waals surface area contributed by atoms with Gasteiger partial charge in [0.2, 0.25) is 0 Å². The lowest BCUT2D eigenvalue weighted by Crippen LogP contribution is -2.00. The van der Waals surface area contributed by atoms with Crippen molar-refractivity contribution in [2.75, 3.05) is 0 Å². The minimum Gasteiger partial charge on any atom is -0.478 e. The molecule has 0 spiro atoms. The van der Waals surface area contributed by atoms with Gasteiger partial charge in [0.25, 0.3) is 5.69 Å². The summed E-state index contributed by atoms with van der Waals surface area (Å²) >= 11 is 0. The maximum atomic E-state index is 11.5. The summed E-state index contributed by atoms with van der Waals surface area (Å²) in [6, 6.07) is 13.1. The smallest absolute Gasteiger partial charge is 0.336 e. The monoisotopic (exact) mass is 297 g/mol. The summed E-state index contributed by atoms with van der Waals surface area (Å²) in [6.07, 6.45) is 2.31. The van der Waals surface area contributed by atoms with Crippen molar-refractivity contribution in [2.24, 2.45) is 0 Å². The SMILES string of the molecule is CCc1ccc(/C(=C/c2cccc([N+](=O)[O-])c2)C(=O)O)cc1. The highest BCUT2D eigenvalue weighted by Crippen LogP contribution is 2.22. The van der Waals surface area contributed by atoms with Crippen LogP contribution in [0.5, 0.6) is 0 Å². The summed E-state index contributed by atoms with van der Waals surface area (Å²) in [7, 11) is 0. The van der Waals surface area contributed by atoms with Gasteiger partial charge in [0.1, 0.15) is 0 Å². The van der Waals surface area contributed by atoms with Crippen molar-refractivity contribution in [1.29, 1.82) is 0 Å². The molecule has 0 saturated carbocycles. The summed E-state index contributed by atoms with van der Waals surface area (Å²) in [6.45, 7) is 2.02. The third kappa shape index (κ3) is 3.58. The van der Waals surface area contributed by atoms with E-state index >= 15 is 0 Å². The molecule has 0 aliphatic carbocycles. The number of non-ortho nitro benzene ring substituents is 1. The number of carbonyl (C=O) groups is 1. The van der Waals surface area contributed by atoms with Crippen molar-refractivity contribution >= 4 is 23.3 Å². The molecule has 0 aromatic heterocycles. The van der Waals surface area contributed by atoms with Crippen molar-refractivity contribution in [3.8, 4) is 0 Å². The summed E-state index contributed by atoms with van der Waals surface area (Å²) in [5.41, 5.74) is 2.19. The molecule has 0 amide bonds. The molecule has 0 aliphatic rings. The molecule has 0 unspecified atom stereocenters. The van der Waals surface area contributed by atoms with Crippen LogP contribution in [0.4, 0.5) is 5.69 Å². The van der Waals surface area contributed by atoms with Gasteiger partial charge in [0.15, 0.2) is 0 Å². The second-order valence-corrected chi connectivity index (χ2v) is 4.77. The molecule has 0 heterocycles. The molecule has 0 radical (unpaired) electrons. The minimum absolute atomic E-state index is 0.0696. The fourth-order valence-corrected chi connectivity index (χ4v) is 2.08. The van der Waals surface area contributed by atoms with Crippen molar-refractivity contribution in [3.63, 3.8) is 0 Å². The van der Waals surface area contributed by atoms with E-state index in [0.717, 1.165) is 12.0 Å². The number of hydrogen-bond acceptors (Lipinski definition) is 3. The van der Waals surface area contributed by atoms with Crippen LogP contribution >= 0.6 is 0 Å². The number of nitrogens with zero attached hydrogens (tertiary/aromatic N) is 1. The van der Waals surface area contributed by atoms with Crippen LogP contribution in [0.25, 0.3) is 11.6 Å². The van der Waals surface area contributed by atoms with Gasteiger partial charge in [-0.1, -0.05) is 43.3 Å². The number of aliphatic carboxylic acids is 1. The molecule has 5 nitrogen and oxygen atoms in total. The minimum atomic E-state index is -1.07. The highest BCUT2D eigenvalue weighted by atomic mass is 16.6. The van der Waals surface area contributed by atoms with Gasteiger partial charge < -0.3 is 5.11 Å². The Morgan fingerprint density at radius 3 is 2.45 bits per heavy atom. The van der Waals surface area contributed by atoms with Crippen molar-refractivity contribution < 1.29 is 14.8 Å². The van der Waals surface area contributed by atoms with Gasteiger partial charge in [0, 0.05) is 12.1 Å². The van der Waals surface area contributed by atoms with Crippen LogP contribution in [-0.2, 0) is 11.2 Å². The average Bonchev–Trinajstić information content (AvgIpc) is 2.53. The highest BCUT2D eigenvalue weighted by molar-refractivity contribution is 6.20. The third-order valence-electron chi connectivity index (χ3n) is 3.30. The molecule has 0 fully saturated rings. The van der Waals surface area contributed by atoms with Crippen LogP contribution in [0, 0.1) is 10.1 Å². The Morgan fingerprint density at radius 2 is 1.91 bits per heavy atom.